The largest absolute Gasteiger partial charge is 0.434 e. The van der Waals surface area contributed by atoms with Gasteiger partial charge in [0.2, 0.25) is 0 Å². The van der Waals surface area contributed by atoms with Crippen LogP contribution in [0.1, 0.15) is 37.9 Å². The van der Waals surface area contributed by atoms with Crippen molar-refractivity contribution < 1.29 is 13.2 Å². The highest BCUT2D eigenvalue weighted by Gasteiger charge is 2.33. The van der Waals surface area contributed by atoms with Gasteiger partial charge in [0.05, 0.1) is 6.54 Å². The van der Waals surface area contributed by atoms with Gasteiger partial charge in [0.25, 0.3) is 0 Å². The molecule has 0 fully saturated rings. The topological polar surface area (TPSA) is 52.6 Å². The number of alkyl halides is 3. The number of nitrogens with zero attached hydrogens (tertiary/aromatic N) is 3. The highest BCUT2D eigenvalue weighted by molar-refractivity contribution is 7.09. The van der Waals surface area contributed by atoms with E-state index in [4.69, 9.17) is 0 Å². The SMILES string of the molecule is CCNC(=NCc1nc(C(F)(F)F)cs1)NCCN(C)C(C)CC. The van der Waals surface area contributed by atoms with Crippen molar-refractivity contribution in [2.75, 3.05) is 26.7 Å². The smallest absolute Gasteiger partial charge is 0.357 e. The van der Waals surface area contributed by atoms with Crippen molar-refractivity contribution in [1.29, 1.82) is 0 Å². The zero-order valence-electron chi connectivity index (χ0n) is 14.6. The lowest BCUT2D eigenvalue weighted by atomic mass is 10.2. The molecule has 2 N–H and O–H groups in total. The first-order chi connectivity index (χ1) is 11.3. The minimum atomic E-state index is -4.40. The summed E-state index contributed by atoms with van der Waals surface area (Å²) >= 11 is 0.970. The Kier molecular flexibility index (Phi) is 8.47. The quantitative estimate of drug-likeness (QED) is 0.549. The zero-order valence-corrected chi connectivity index (χ0v) is 15.4. The number of likely N-dealkylation sites (N-methyl/N-ethyl adjacent to an activating group) is 1. The lowest BCUT2D eigenvalue weighted by Crippen LogP contribution is -2.42. The van der Waals surface area contributed by atoms with Gasteiger partial charge < -0.3 is 15.5 Å². The predicted octanol–water partition coefficient (Wildman–Crippen LogP) is 2.95. The van der Waals surface area contributed by atoms with Crippen LogP contribution < -0.4 is 10.6 Å². The van der Waals surface area contributed by atoms with Crippen LogP contribution in [0.5, 0.6) is 0 Å². The van der Waals surface area contributed by atoms with Crippen molar-refractivity contribution in [1.82, 2.24) is 20.5 Å². The Balaban J connectivity index is 2.55. The molecule has 1 unspecified atom stereocenters. The Morgan fingerprint density at radius 1 is 1.38 bits per heavy atom. The molecule has 5 nitrogen and oxygen atoms in total. The van der Waals surface area contributed by atoms with Crippen LogP contribution in [0.4, 0.5) is 13.2 Å². The molecule has 1 aromatic heterocycles. The maximum Gasteiger partial charge on any atom is 0.434 e. The average molecular weight is 365 g/mol. The maximum atomic E-state index is 12.5. The van der Waals surface area contributed by atoms with Gasteiger partial charge in [0.15, 0.2) is 11.7 Å². The Hall–Kier alpha value is -1.35. The molecule has 0 radical (unpaired) electrons. The summed E-state index contributed by atoms with van der Waals surface area (Å²) in [6.45, 7) is 8.61. The van der Waals surface area contributed by atoms with E-state index in [1.165, 1.54) is 0 Å². The third kappa shape index (κ3) is 7.04. The molecule has 0 aliphatic carbocycles. The number of thiazole rings is 1. The fraction of sp³-hybridized carbons (Fsp3) is 0.733. The van der Waals surface area contributed by atoms with Gasteiger partial charge in [-0.3, -0.25) is 0 Å². The monoisotopic (exact) mass is 365 g/mol. The minimum absolute atomic E-state index is 0.122. The van der Waals surface area contributed by atoms with Crippen LogP contribution in [0.2, 0.25) is 0 Å². The highest BCUT2D eigenvalue weighted by atomic mass is 32.1. The van der Waals surface area contributed by atoms with Crippen molar-refractivity contribution in [3.8, 4) is 0 Å². The van der Waals surface area contributed by atoms with Gasteiger partial charge in [-0.05, 0) is 27.3 Å². The van der Waals surface area contributed by atoms with Crippen LogP contribution in [-0.2, 0) is 12.7 Å². The molecule has 0 amide bonds. The lowest BCUT2D eigenvalue weighted by Gasteiger charge is -2.23. The van der Waals surface area contributed by atoms with Crippen LogP contribution in [0.3, 0.4) is 0 Å². The van der Waals surface area contributed by atoms with Crippen LogP contribution in [0, 0.1) is 0 Å². The number of hydrogen-bond acceptors (Lipinski definition) is 4. The van der Waals surface area contributed by atoms with E-state index in [0.29, 0.717) is 30.1 Å². The third-order valence-electron chi connectivity index (χ3n) is 3.66. The van der Waals surface area contributed by atoms with Gasteiger partial charge in [0, 0.05) is 31.1 Å². The van der Waals surface area contributed by atoms with Crippen molar-refractivity contribution in [3.63, 3.8) is 0 Å². The number of hydrogen-bond donors (Lipinski definition) is 2. The van der Waals surface area contributed by atoms with Gasteiger partial charge in [0.1, 0.15) is 5.01 Å². The van der Waals surface area contributed by atoms with Crippen LogP contribution >= 0.6 is 11.3 Å². The van der Waals surface area contributed by atoms with Crippen molar-refractivity contribution in [2.24, 2.45) is 4.99 Å². The number of guanidine groups is 1. The van der Waals surface area contributed by atoms with Crippen LogP contribution in [0.25, 0.3) is 0 Å². The summed E-state index contributed by atoms with van der Waals surface area (Å²) in [5, 5.41) is 7.64. The maximum absolute atomic E-state index is 12.5. The first-order valence-electron chi connectivity index (χ1n) is 8.01. The van der Waals surface area contributed by atoms with Gasteiger partial charge in [-0.1, -0.05) is 6.92 Å². The van der Waals surface area contributed by atoms with Crippen molar-refractivity contribution in [2.45, 2.75) is 46.0 Å². The van der Waals surface area contributed by atoms with E-state index >= 15 is 0 Å². The normalized spacial score (nSPS) is 14.1. The molecule has 138 valence electrons. The van der Waals surface area contributed by atoms with E-state index in [9.17, 15) is 13.2 Å². The Morgan fingerprint density at radius 2 is 2.08 bits per heavy atom. The number of nitrogens with one attached hydrogen (secondary N) is 2. The Morgan fingerprint density at radius 3 is 2.62 bits per heavy atom. The van der Waals surface area contributed by atoms with Gasteiger partial charge >= 0.3 is 6.18 Å². The molecule has 0 bridgehead atoms. The standard InChI is InChI=1S/C15H26F3N5S/c1-5-11(3)23(4)8-7-20-14(19-6-2)21-9-13-22-12(10-24-13)15(16,17)18/h10-11H,5-9H2,1-4H3,(H2,19,20,21). The van der Waals surface area contributed by atoms with E-state index in [1.807, 2.05) is 6.92 Å². The van der Waals surface area contributed by atoms with E-state index in [0.717, 1.165) is 29.7 Å². The van der Waals surface area contributed by atoms with E-state index < -0.39 is 11.9 Å². The molecule has 0 spiro atoms. The first kappa shape index (κ1) is 20.7. The number of rotatable bonds is 8. The molecular weight excluding hydrogens is 339 g/mol. The van der Waals surface area contributed by atoms with Gasteiger partial charge in [-0.25, -0.2) is 9.98 Å². The minimum Gasteiger partial charge on any atom is -0.357 e. The molecule has 0 aliphatic rings. The van der Waals surface area contributed by atoms with E-state index in [2.05, 4.69) is 46.4 Å². The molecule has 1 heterocycles. The fourth-order valence-electron chi connectivity index (χ4n) is 1.88. The second-order valence-electron chi connectivity index (χ2n) is 5.48. The van der Waals surface area contributed by atoms with Gasteiger partial charge in [-0.2, -0.15) is 13.2 Å². The molecule has 9 heteroatoms. The molecule has 0 saturated heterocycles. The predicted molar refractivity (Wildman–Crippen MR) is 92.3 cm³/mol. The molecule has 1 atom stereocenters. The zero-order chi connectivity index (χ0) is 18.2. The second kappa shape index (κ2) is 9.83. The summed E-state index contributed by atoms with van der Waals surface area (Å²) in [7, 11) is 2.06. The summed E-state index contributed by atoms with van der Waals surface area (Å²) in [4.78, 5) is 10.1. The molecule has 0 aliphatic heterocycles. The number of halogens is 3. The fourth-order valence-corrected chi connectivity index (χ4v) is 2.61. The third-order valence-corrected chi connectivity index (χ3v) is 4.49. The van der Waals surface area contributed by atoms with Crippen molar-refractivity contribution in [3.05, 3.63) is 16.1 Å². The summed E-state index contributed by atoms with van der Waals surface area (Å²) in [6.07, 6.45) is -3.32. The molecule has 0 saturated carbocycles. The molecule has 0 aromatic carbocycles. The van der Waals surface area contributed by atoms with E-state index in [1.54, 1.807) is 0 Å². The van der Waals surface area contributed by atoms with E-state index in [-0.39, 0.29) is 6.54 Å². The molecular formula is C15H26F3N5S. The number of aliphatic imine (C=N–C) groups is 1. The Bertz CT molecular complexity index is 515. The Labute approximate surface area is 145 Å². The molecule has 1 aromatic rings. The molecule has 24 heavy (non-hydrogen) atoms. The highest BCUT2D eigenvalue weighted by Crippen LogP contribution is 2.30. The summed E-state index contributed by atoms with van der Waals surface area (Å²) in [6, 6.07) is 0.502. The van der Waals surface area contributed by atoms with Crippen molar-refractivity contribution >= 4 is 17.3 Å². The van der Waals surface area contributed by atoms with Gasteiger partial charge in [-0.15, -0.1) is 11.3 Å². The summed E-state index contributed by atoms with van der Waals surface area (Å²) < 4.78 is 37.6. The second-order valence-corrected chi connectivity index (χ2v) is 6.43. The van der Waals surface area contributed by atoms with Crippen LogP contribution in [0.15, 0.2) is 10.4 Å². The molecule has 1 rings (SSSR count). The average Bonchev–Trinajstić information content (AvgIpc) is 3.00. The first-order valence-corrected chi connectivity index (χ1v) is 8.89. The number of aromatic nitrogens is 1. The summed E-state index contributed by atoms with van der Waals surface area (Å²) in [5.41, 5.74) is -0.856. The lowest BCUT2D eigenvalue weighted by molar-refractivity contribution is -0.140. The van der Waals surface area contributed by atoms with Crippen LogP contribution in [-0.4, -0.2) is 48.6 Å². The summed E-state index contributed by atoms with van der Waals surface area (Å²) in [5.74, 6) is 0.582.